The largest absolute Gasteiger partial charge is 0.399 e. The van der Waals surface area contributed by atoms with E-state index in [0.717, 1.165) is 32.0 Å². The van der Waals surface area contributed by atoms with Crippen LogP contribution in [-0.2, 0) is 6.42 Å². The van der Waals surface area contributed by atoms with Crippen LogP contribution in [0.5, 0.6) is 0 Å². The van der Waals surface area contributed by atoms with Crippen LogP contribution in [-0.4, -0.2) is 4.98 Å². The van der Waals surface area contributed by atoms with Gasteiger partial charge < -0.3 is 5.73 Å². The molecule has 0 amide bonds. The summed E-state index contributed by atoms with van der Waals surface area (Å²) in [6.07, 6.45) is 0.837. The number of nitrogens with two attached hydrogens (primary N) is 1. The lowest BCUT2D eigenvalue weighted by molar-refractivity contribution is 1.14. The summed E-state index contributed by atoms with van der Waals surface area (Å²) >= 11 is 9.17. The highest BCUT2D eigenvalue weighted by molar-refractivity contribution is 7.19. The summed E-state index contributed by atoms with van der Waals surface area (Å²) in [5.74, 6) is 0. The third-order valence-electron chi connectivity index (χ3n) is 2.71. The molecule has 3 rings (SSSR count). The van der Waals surface area contributed by atoms with Crippen molar-refractivity contribution in [1.82, 2.24) is 4.98 Å². The molecule has 1 aromatic carbocycles. The predicted molar refractivity (Wildman–Crippen MR) is 84.1 cm³/mol. The van der Waals surface area contributed by atoms with Crippen LogP contribution in [0.25, 0.3) is 10.6 Å². The standard InChI is InChI=1S/C14H11ClN2S2/c15-13-6-5-12(19-13)11-8-18-14(17-11)7-9-1-3-10(16)4-2-9/h1-6,8H,7,16H2. The second kappa shape index (κ2) is 5.33. The van der Waals surface area contributed by atoms with Crippen molar-refractivity contribution in [3.05, 3.63) is 56.7 Å². The molecule has 0 aliphatic heterocycles. The minimum atomic E-state index is 0.789. The van der Waals surface area contributed by atoms with Crippen molar-refractivity contribution in [3.8, 4) is 10.6 Å². The Morgan fingerprint density at radius 2 is 1.89 bits per heavy atom. The van der Waals surface area contributed by atoms with Crippen molar-refractivity contribution in [3.63, 3.8) is 0 Å². The normalized spacial score (nSPS) is 10.8. The Hall–Kier alpha value is -1.36. The van der Waals surface area contributed by atoms with Crippen LogP contribution in [0.4, 0.5) is 5.69 Å². The number of anilines is 1. The highest BCUT2D eigenvalue weighted by atomic mass is 35.5. The van der Waals surface area contributed by atoms with Gasteiger partial charge in [-0.2, -0.15) is 0 Å². The van der Waals surface area contributed by atoms with Gasteiger partial charge in [-0.15, -0.1) is 22.7 Å². The van der Waals surface area contributed by atoms with Gasteiger partial charge in [0.1, 0.15) is 0 Å². The van der Waals surface area contributed by atoms with Crippen molar-refractivity contribution in [2.45, 2.75) is 6.42 Å². The van der Waals surface area contributed by atoms with Gasteiger partial charge in [-0.25, -0.2) is 4.98 Å². The smallest absolute Gasteiger partial charge is 0.0976 e. The number of aromatic nitrogens is 1. The summed E-state index contributed by atoms with van der Waals surface area (Å²) in [5.41, 5.74) is 8.70. The van der Waals surface area contributed by atoms with Crippen LogP contribution in [0.1, 0.15) is 10.6 Å². The molecule has 19 heavy (non-hydrogen) atoms. The summed E-state index contributed by atoms with van der Waals surface area (Å²) in [6, 6.07) is 11.8. The van der Waals surface area contributed by atoms with E-state index in [1.54, 1.807) is 22.7 Å². The zero-order chi connectivity index (χ0) is 13.2. The Bertz CT molecular complexity index is 686. The average Bonchev–Trinajstić information content (AvgIpc) is 3.01. The number of rotatable bonds is 3. The molecule has 2 nitrogen and oxygen atoms in total. The minimum absolute atomic E-state index is 0.789. The molecule has 3 aromatic rings. The van der Waals surface area contributed by atoms with E-state index in [0.29, 0.717) is 0 Å². The predicted octanol–water partition coefficient (Wildman–Crippen LogP) is 4.70. The number of halogens is 1. The first kappa shape index (κ1) is 12.7. The van der Waals surface area contributed by atoms with Gasteiger partial charge in [-0.05, 0) is 29.8 Å². The van der Waals surface area contributed by atoms with Crippen molar-refractivity contribution in [2.24, 2.45) is 0 Å². The monoisotopic (exact) mass is 306 g/mol. The maximum Gasteiger partial charge on any atom is 0.0976 e. The number of hydrogen-bond acceptors (Lipinski definition) is 4. The molecule has 96 valence electrons. The van der Waals surface area contributed by atoms with Crippen LogP contribution in [0.15, 0.2) is 41.8 Å². The zero-order valence-electron chi connectivity index (χ0n) is 9.97. The fraction of sp³-hybridized carbons (Fsp3) is 0.0714. The van der Waals surface area contributed by atoms with Crippen molar-refractivity contribution in [1.29, 1.82) is 0 Å². The van der Waals surface area contributed by atoms with Gasteiger partial charge in [0.05, 0.1) is 19.9 Å². The quantitative estimate of drug-likeness (QED) is 0.712. The molecule has 0 bridgehead atoms. The molecule has 5 heteroatoms. The molecular weight excluding hydrogens is 296 g/mol. The number of nitrogen functional groups attached to an aromatic ring is 1. The van der Waals surface area contributed by atoms with E-state index in [1.165, 1.54) is 5.56 Å². The van der Waals surface area contributed by atoms with Crippen molar-refractivity contribution >= 4 is 40.0 Å². The summed E-state index contributed by atoms with van der Waals surface area (Å²) in [7, 11) is 0. The fourth-order valence-electron chi connectivity index (χ4n) is 1.77. The molecule has 0 fully saturated rings. The number of benzene rings is 1. The Kier molecular flexibility index (Phi) is 3.55. The van der Waals surface area contributed by atoms with E-state index >= 15 is 0 Å². The van der Waals surface area contributed by atoms with Crippen LogP contribution in [0, 0.1) is 0 Å². The molecule has 2 N–H and O–H groups in total. The Balaban J connectivity index is 1.80. The molecule has 2 aromatic heterocycles. The van der Waals surface area contributed by atoms with Gasteiger partial charge >= 0.3 is 0 Å². The van der Waals surface area contributed by atoms with E-state index in [-0.39, 0.29) is 0 Å². The highest BCUT2D eigenvalue weighted by Gasteiger charge is 2.07. The van der Waals surface area contributed by atoms with E-state index in [9.17, 15) is 0 Å². The van der Waals surface area contributed by atoms with E-state index < -0.39 is 0 Å². The summed E-state index contributed by atoms with van der Waals surface area (Å²) in [4.78, 5) is 5.77. The highest BCUT2D eigenvalue weighted by Crippen LogP contribution is 2.32. The first-order valence-electron chi connectivity index (χ1n) is 5.75. The van der Waals surface area contributed by atoms with Gasteiger partial charge in [0.15, 0.2) is 0 Å². The number of hydrogen-bond donors (Lipinski definition) is 1. The zero-order valence-corrected chi connectivity index (χ0v) is 12.4. The van der Waals surface area contributed by atoms with Crippen LogP contribution < -0.4 is 5.73 Å². The summed E-state index contributed by atoms with van der Waals surface area (Å²) in [5, 5.41) is 3.18. The fourth-order valence-corrected chi connectivity index (χ4v) is 3.67. The average molecular weight is 307 g/mol. The number of thiazole rings is 1. The first-order valence-corrected chi connectivity index (χ1v) is 7.82. The Labute approximate surface area is 124 Å². The number of thiophene rings is 1. The molecule has 2 heterocycles. The SMILES string of the molecule is Nc1ccc(Cc2nc(-c3ccc(Cl)s3)cs2)cc1. The van der Waals surface area contributed by atoms with E-state index in [2.05, 4.69) is 10.4 Å². The maximum absolute atomic E-state index is 5.94. The Morgan fingerprint density at radius 3 is 2.58 bits per heavy atom. The third-order valence-corrected chi connectivity index (χ3v) is 4.81. The lowest BCUT2D eigenvalue weighted by Crippen LogP contribution is -1.89. The maximum atomic E-state index is 5.94. The summed E-state index contributed by atoms with van der Waals surface area (Å²) in [6.45, 7) is 0. The molecule has 0 spiro atoms. The van der Waals surface area contributed by atoms with E-state index in [4.69, 9.17) is 17.3 Å². The van der Waals surface area contributed by atoms with Crippen molar-refractivity contribution in [2.75, 3.05) is 5.73 Å². The lowest BCUT2D eigenvalue weighted by atomic mass is 10.1. The van der Waals surface area contributed by atoms with E-state index in [1.807, 2.05) is 36.4 Å². The van der Waals surface area contributed by atoms with Crippen LogP contribution in [0.3, 0.4) is 0 Å². The van der Waals surface area contributed by atoms with Gasteiger partial charge in [-0.3, -0.25) is 0 Å². The minimum Gasteiger partial charge on any atom is -0.399 e. The molecular formula is C14H11ClN2S2. The second-order valence-electron chi connectivity index (χ2n) is 4.15. The molecule has 0 unspecified atom stereocenters. The van der Waals surface area contributed by atoms with Gasteiger partial charge in [0.2, 0.25) is 0 Å². The number of nitrogens with zero attached hydrogens (tertiary/aromatic N) is 1. The molecule has 0 atom stereocenters. The lowest BCUT2D eigenvalue weighted by Gasteiger charge is -1.98. The van der Waals surface area contributed by atoms with Gasteiger partial charge in [0, 0.05) is 17.5 Å². The second-order valence-corrected chi connectivity index (χ2v) is 6.81. The summed E-state index contributed by atoms with van der Waals surface area (Å²) < 4.78 is 0.795. The van der Waals surface area contributed by atoms with Gasteiger partial charge in [-0.1, -0.05) is 23.7 Å². The molecule has 0 saturated carbocycles. The molecule has 0 aliphatic rings. The van der Waals surface area contributed by atoms with Crippen LogP contribution >= 0.6 is 34.3 Å². The Morgan fingerprint density at radius 1 is 1.11 bits per heavy atom. The first-order chi connectivity index (χ1) is 9.20. The van der Waals surface area contributed by atoms with Gasteiger partial charge in [0.25, 0.3) is 0 Å². The topological polar surface area (TPSA) is 38.9 Å². The molecule has 0 saturated heterocycles. The van der Waals surface area contributed by atoms with Crippen molar-refractivity contribution < 1.29 is 0 Å². The van der Waals surface area contributed by atoms with Crippen LogP contribution in [0.2, 0.25) is 4.34 Å². The third kappa shape index (κ3) is 2.97. The molecule has 0 radical (unpaired) electrons. The molecule has 0 aliphatic carbocycles.